The summed E-state index contributed by atoms with van der Waals surface area (Å²) in [5.74, 6) is 1.54. The number of hydrogen-bond donors (Lipinski definition) is 1. The lowest BCUT2D eigenvalue weighted by molar-refractivity contribution is 0.0532. The summed E-state index contributed by atoms with van der Waals surface area (Å²) in [5.41, 5.74) is 1.06. The number of rotatable bonds is 3. The molecule has 1 saturated heterocycles. The maximum atomic E-state index is 6.21. The van der Waals surface area contributed by atoms with Crippen molar-refractivity contribution in [2.75, 3.05) is 7.11 Å². The molecule has 0 unspecified atom stereocenters. The van der Waals surface area contributed by atoms with Crippen molar-refractivity contribution in [1.82, 2.24) is 10.3 Å². The SMILES string of the molecule is COc1ccc2nc(OC3CC(C)(C)NC(C)(C)C3)ccc2c1.Cl. The third kappa shape index (κ3) is 4.31. The zero-order valence-electron chi connectivity index (χ0n) is 15.1. The molecule has 1 aliphatic heterocycles. The monoisotopic (exact) mass is 350 g/mol. The van der Waals surface area contributed by atoms with Crippen LogP contribution in [0, 0.1) is 0 Å². The van der Waals surface area contributed by atoms with E-state index < -0.39 is 0 Å². The fourth-order valence-corrected chi connectivity index (χ4v) is 3.76. The lowest BCUT2D eigenvalue weighted by Crippen LogP contribution is -2.60. The van der Waals surface area contributed by atoms with Gasteiger partial charge in [0.05, 0.1) is 12.6 Å². The van der Waals surface area contributed by atoms with E-state index >= 15 is 0 Å². The summed E-state index contributed by atoms with van der Waals surface area (Å²) in [6, 6.07) is 9.87. The Morgan fingerprint density at radius 1 is 1.04 bits per heavy atom. The van der Waals surface area contributed by atoms with E-state index in [1.165, 1.54) is 0 Å². The number of pyridine rings is 1. The van der Waals surface area contributed by atoms with Crippen LogP contribution in [-0.4, -0.2) is 29.3 Å². The van der Waals surface area contributed by atoms with Crippen molar-refractivity contribution in [3.63, 3.8) is 0 Å². The van der Waals surface area contributed by atoms with Crippen LogP contribution in [0.5, 0.6) is 11.6 Å². The Labute approximate surface area is 150 Å². The lowest BCUT2D eigenvalue weighted by atomic mass is 9.81. The predicted molar refractivity (Wildman–Crippen MR) is 100 cm³/mol. The second kappa shape index (κ2) is 6.77. The Morgan fingerprint density at radius 2 is 1.71 bits per heavy atom. The normalized spacial score (nSPS) is 19.5. The number of methoxy groups -OCH3 is 1. The zero-order chi connectivity index (χ0) is 16.7. The molecule has 5 heteroatoms. The highest BCUT2D eigenvalue weighted by molar-refractivity contribution is 5.85. The first-order chi connectivity index (χ1) is 10.8. The van der Waals surface area contributed by atoms with Gasteiger partial charge in [-0.3, -0.25) is 0 Å². The summed E-state index contributed by atoms with van der Waals surface area (Å²) < 4.78 is 11.5. The van der Waals surface area contributed by atoms with Crippen LogP contribution in [0.1, 0.15) is 40.5 Å². The van der Waals surface area contributed by atoms with Crippen LogP contribution >= 0.6 is 12.4 Å². The highest BCUT2D eigenvalue weighted by Gasteiger charge is 2.38. The fourth-order valence-electron chi connectivity index (χ4n) is 3.76. The molecule has 1 aromatic carbocycles. The Bertz CT molecular complexity index is 700. The number of hydrogen-bond acceptors (Lipinski definition) is 4. The highest BCUT2D eigenvalue weighted by atomic mass is 35.5. The minimum absolute atomic E-state index is 0. The summed E-state index contributed by atoms with van der Waals surface area (Å²) in [6.45, 7) is 8.91. The maximum Gasteiger partial charge on any atom is 0.214 e. The van der Waals surface area contributed by atoms with Gasteiger partial charge in [0.1, 0.15) is 11.9 Å². The summed E-state index contributed by atoms with van der Waals surface area (Å²) >= 11 is 0. The number of halogens is 1. The van der Waals surface area contributed by atoms with Crippen molar-refractivity contribution in [1.29, 1.82) is 0 Å². The van der Waals surface area contributed by atoms with Crippen molar-refractivity contribution >= 4 is 23.3 Å². The second-order valence-corrected chi connectivity index (χ2v) is 7.75. The zero-order valence-corrected chi connectivity index (χ0v) is 15.9. The molecule has 1 aliphatic rings. The molecule has 0 atom stereocenters. The molecule has 4 nitrogen and oxygen atoms in total. The number of aromatic nitrogens is 1. The summed E-state index contributed by atoms with van der Waals surface area (Å²) in [5, 5.41) is 4.73. The van der Waals surface area contributed by atoms with Crippen LogP contribution in [0.15, 0.2) is 30.3 Å². The van der Waals surface area contributed by atoms with Crippen molar-refractivity contribution in [3.8, 4) is 11.6 Å². The molecule has 2 aromatic rings. The van der Waals surface area contributed by atoms with Crippen molar-refractivity contribution < 1.29 is 9.47 Å². The maximum absolute atomic E-state index is 6.21. The van der Waals surface area contributed by atoms with Crippen molar-refractivity contribution in [2.24, 2.45) is 0 Å². The molecule has 132 valence electrons. The van der Waals surface area contributed by atoms with E-state index in [0.717, 1.165) is 29.5 Å². The molecule has 0 amide bonds. The predicted octanol–water partition coefficient (Wildman–Crippen LogP) is 4.35. The minimum Gasteiger partial charge on any atom is -0.497 e. The Morgan fingerprint density at radius 3 is 2.33 bits per heavy atom. The summed E-state index contributed by atoms with van der Waals surface area (Å²) in [4.78, 5) is 4.64. The molecule has 0 radical (unpaired) electrons. The number of ether oxygens (including phenoxy) is 2. The molecular weight excluding hydrogens is 324 g/mol. The average molecular weight is 351 g/mol. The van der Waals surface area contributed by atoms with Crippen molar-refractivity contribution in [3.05, 3.63) is 30.3 Å². The molecule has 0 saturated carbocycles. The van der Waals surface area contributed by atoms with Crippen LogP contribution in [0.3, 0.4) is 0 Å². The fraction of sp³-hybridized carbons (Fsp3) is 0.526. The molecule has 0 spiro atoms. The third-order valence-electron chi connectivity index (χ3n) is 4.31. The van der Waals surface area contributed by atoms with Crippen LogP contribution < -0.4 is 14.8 Å². The van der Waals surface area contributed by atoms with Gasteiger partial charge < -0.3 is 14.8 Å². The first-order valence-electron chi connectivity index (χ1n) is 8.17. The largest absolute Gasteiger partial charge is 0.497 e. The van der Waals surface area contributed by atoms with Gasteiger partial charge in [0.2, 0.25) is 5.88 Å². The van der Waals surface area contributed by atoms with E-state index in [1.807, 2.05) is 30.3 Å². The average Bonchev–Trinajstić information content (AvgIpc) is 2.43. The second-order valence-electron chi connectivity index (χ2n) is 7.75. The molecular formula is C19H27ClN2O2. The van der Waals surface area contributed by atoms with Gasteiger partial charge >= 0.3 is 0 Å². The van der Waals surface area contributed by atoms with E-state index in [-0.39, 0.29) is 29.6 Å². The van der Waals surface area contributed by atoms with Gasteiger partial charge in [-0.1, -0.05) is 0 Å². The van der Waals surface area contributed by atoms with Crippen molar-refractivity contribution in [2.45, 2.75) is 57.7 Å². The third-order valence-corrected chi connectivity index (χ3v) is 4.31. The molecule has 3 rings (SSSR count). The van der Waals surface area contributed by atoms with E-state index in [4.69, 9.17) is 9.47 Å². The van der Waals surface area contributed by atoms with Crippen LogP contribution in [0.2, 0.25) is 0 Å². The van der Waals surface area contributed by atoms with Gasteiger partial charge in [-0.2, -0.15) is 0 Å². The van der Waals surface area contributed by atoms with Gasteiger partial charge in [-0.15, -0.1) is 12.4 Å². The Kier molecular flexibility index (Phi) is 5.31. The van der Waals surface area contributed by atoms with Crippen LogP contribution in [0.4, 0.5) is 0 Å². The molecule has 1 N–H and O–H groups in total. The summed E-state index contributed by atoms with van der Waals surface area (Å²) in [6.07, 6.45) is 2.11. The molecule has 2 heterocycles. The smallest absolute Gasteiger partial charge is 0.214 e. The van der Waals surface area contributed by atoms with Gasteiger partial charge in [0, 0.05) is 35.4 Å². The molecule has 1 aromatic heterocycles. The minimum atomic E-state index is 0. The van der Waals surface area contributed by atoms with E-state index in [9.17, 15) is 0 Å². The molecule has 24 heavy (non-hydrogen) atoms. The summed E-state index contributed by atoms with van der Waals surface area (Å²) in [7, 11) is 1.67. The van der Waals surface area contributed by atoms with E-state index in [2.05, 4.69) is 38.0 Å². The van der Waals surface area contributed by atoms with Gasteiger partial charge in [-0.05, 0) is 52.0 Å². The van der Waals surface area contributed by atoms with Gasteiger partial charge in [-0.25, -0.2) is 4.98 Å². The quantitative estimate of drug-likeness (QED) is 0.893. The van der Waals surface area contributed by atoms with Crippen LogP contribution in [0.25, 0.3) is 10.9 Å². The first kappa shape index (κ1) is 18.8. The highest BCUT2D eigenvalue weighted by Crippen LogP contribution is 2.31. The van der Waals surface area contributed by atoms with E-state index in [0.29, 0.717) is 5.88 Å². The molecule has 1 fully saturated rings. The number of benzene rings is 1. The standard InChI is InChI=1S/C19H26N2O2.ClH/c1-18(2)11-15(12-19(3,4)21-18)23-17-9-6-13-10-14(22-5)7-8-16(13)20-17;/h6-10,15,21H,11-12H2,1-5H3;1H. The number of fused-ring (bicyclic) bond motifs is 1. The van der Waals surface area contributed by atoms with Crippen LogP contribution in [-0.2, 0) is 0 Å². The molecule has 0 aliphatic carbocycles. The Hall–Kier alpha value is -1.52. The van der Waals surface area contributed by atoms with Gasteiger partial charge in [0.25, 0.3) is 0 Å². The molecule has 0 bridgehead atoms. The van der Waals surface area contributed by atoms with Gasteiger partial charge in [0.15, 0.2) is 0 Å². The number of nitrogens with zero attached hydrogens (tertiary/aromatic N) is 1. The number of nitrogens with one attached hydrogen (secondary N) is 1. The number of piperidine rings is 1. The topological polar surface area (TPSA) is 43.4 Å². The first-order valence-corrected chi connectivity index (χ1v) is 8.17. The Balaban J connectivity index is 0.00000208. The van der Waals surface area contributed by atoms with E-state index in [1.54, 1.807) is 7.11 Å². The lowest BCUT2D eigenvalue weighted by Gasteiger charge is -2.46.